The molecule has 31 heavy (non-hydrogen) atoms. The van der Waals surface area contributed by atoms with Crippen LogP contribution in [0.3, 0.4) is 0 Å². The highest BCUT2D eigenvalue weighted by molar-refractivity contribution is 7.82. The minimum Gasteiger partial charge on any atom is -0.481 e. The summed E-state index contributed by atoms with van der Waals surface area (Å²) in [5, 5.41) is 9.50. The van der Waals surface area contributed by atoms with E-state index < -0.39 is 28.7 Å². The number of carboxylic acids is 1. The van der Waals surface area contributed by atoms with Gasteiger partial charge >= 0.3 is 12.1 Å². The summed E-state index contributed by atoms with van der Waals surface area (Å²) in [6.45, 7) is 0.962. The SMILES string of the molecule is O=C(O)Cc1ccc(S(=O)N2CCc3nc(-c4ccc(C(F)(F)F)cc4)sc3C2)cc1. The summed E-state index contributed by atoms with van der Waals surface area (Å²) in [5.74, 6) is -0.925. The number of fused-ring (bicyclic) bond motifs is 1. The molecule has 1 unspecified atom stereocenters. The lowest BCUT2D eigenvalue weighted by molar-refractivity contribution is -0.138. The molecule has 2 aromatic carbocycles. The number of hydrogen-bond donors (Lipinski definition) is 1. The summed E-state index contributed by atoms with van der Waals surface area (Å²) in [4.78, 5) is 16.9. The van der Waals surface area contributed by atoms with Crippen LogP contribution in [-0.2, 0) is 41.3 Å². The van der Waals surface area contributed by atoms with Gasteiger partial charge in [0, 0.05) is 30.0 Å². The van der Waals surface area contributed by atoms with Crippen LogP contribution in [0.15, 0.2) is 53.4 Å². The van der Waals surface area contributed by atoms with Gasteiger partial charge in [-0.2, -0.15) is 13.2 Å². The normalized spacial score (nSPS) is 15.5. The second-order valence-electron chi connectivity index (χ2n) is 7.04. The molecule has 1 N–H and O–H groups in total. The third-order valence-corrected chi connectivity index (χ3v) is 7.46. The average Bonchev–Trinajstić information content (AvgIpc) is 3.16. The highest BCUT2D eigenvalue weighted by Crippen LogP contribution is 2.35. The predicted molar refractivity (Wildman–Crippen MR) is 111 cm³/mol. The van der Waals surface area contributed by atoms with Crippen LogP contribution in [0.1, 0.15) is 21.7 Å². The summed E-state index contributed by atoms with van der Waals surface area (Å²) < 4.78 is 53.1. The van der Waals surface area contributed by atoms with E-state index in [0.717, 1.165) is 22.7 Å². The van der Waals surface area contributed by atoms with E-state index in [9.17, 15) is 22.2 Å². The van der Waals surface area contributed by atoms with E-state index in [2.05, 4.69) is 4.98 Å². The van der Waals surface area contributed by atoms with Gasteiger partial charge in [0.05, 0.1) is 22.6 Å². The number of hydrogen-bond acceptors (Lipinski definition) is 4. The van der Waals surface area contributed by atoms with Crippen molar-refractivity contribution in [2.24, 2.45) is 0 Å². The molecule has 0 fully saturated rings. The number of aromatic nitrogens is 1. The zero-order chi connectivity index (χ0) is 22.2. The Morgan fingerprint density at radius 2 is 1.81 bits per heavy atom. The Balaban J connectivity index is 1.48. The molecule has 0 bridgehead atoms. The summed E-state index contributed by atoms with van der Waals surface area (Å²) in [6, 6.07) is 11.6. The van der Waals surface area contributed by atoms with Gasteiger partial charge in [-0.1, -0.05) is 24.3 Å². The molecule has 1 aliphatic rings. The van der Waals surface area contributed by atoms with Crippen molar-refractivity contribution in [3.63, 3.8) is 0 Å². The van der Waals surface area contributed by atoms with Crippen LogP contribution in [0.5, 0.6) is 0 Å². The van der Waals surface area contributed by atoms with E-state index in [1.807, 2.05) is 4.31 Å². The monoisotopic (exact) mass is 466 g/mol. The van der Waals surface area contributed by atoms with Crippen LogP contribution in [0, 0.1) is 0 Å². The van der Waals surface area contributed by atoms with Crippen molar-refractivity contribution >= 4 is 28.3 Å². The molecule has 162 valence electrons. The minimum atomic E-state index is -4.38. The number of alkyl halides is 3. The van der Waals surface area contributed by atoms with Crippen LogP contribution in [0.2, 0.25) is 0 Å². The van der Waals surface area contributed by atoms with Gasteiger partial charge < -0.3 is 5.11 Å². The molecule has 1 aromatic heterocycles. The summed E-state index contributed by atoms with van der Waals surface area (Å²) >= 11 is 1.39. The van der Waals surface area contributed by atoms with Crippen LogP contribution in [0.25, 0.3) is 10.6 Å². The Labute approximate surface area is 182 Å². The Morgan fingerprint density at radius 1 is 1.13 bits per heavy atom. The van der Waals surface area contributed by atoms with Gasteiger partial charge in [-0.25, -0.2) is 13.5 Å². The molecule has 0 saturated carbocycles. The molecule has 5 nitrogen and oxygen atoms in total. The van der Waals surface area contributed by atoms with Crippen molar-refractivity contribution in [3.05, 3.63) is 70.2 Å². The number of carbonyl (C=O) groups is 1. The smallest absolute Gasteiger partial charge is 0.416 e. The Hall–Kier alpha value is -2.56. The maximum atomic E-state index is 12.9. The lowest BCUT2D eigenvalue weighted by Gasteiger charge is -2.24. The Morgan fingerprint density at radius 3 is 2.42 bits per heavy atom. The molecular formula is C21H17F3N2O3S2. The summed E-state index contributed by atoms with van der Waals surface area (Å²) in [7, 11) is -1.41. The summed E-state index contributed by atoms with van der Waals surface area (Å²) in [5.41, 5.74) is 1.44. The van der Waals surface area contributed by atoms with Crippen LogP contribution in [0.4, 0.5) is 13.2 Å². The first-order valence-corrected chi connectivity index (χ1v) is 11.3. The van der Waals surface area contributed by atoms with Crippen LogP contribution < -0.4 is 0 Å². The van der Waals surface area contributed by atoms with Crippen molar-refractivity contribution < 1.29 is 27.3 Å². The number of halogens is 3. The molecule has 4 rings (SSSR count). The number of thiazole rings is 1. The van der Waals surface area contributed by atoms with Gasteiger partial charge in [0.2, 0.25) is 0 Å². The zero-order valence-electron chi connectivity index (χ0n) is 16.1. The summed E-state index contributed by atoms with van der Waals surface area (Å²) in [6.07, 6.45) is -3.88. The number of nitrogens with zero attached hydrogens (tertiary/aromatic N) is 2. The van der Waals surface area contributed by atoms with E-state index in [0.29, 0.717) is 40.5 Å². The fraction of sp³-hybridized carbons (Fsp3) is 0.238. The zero-order valence-corrected chi connectivity index (χ0v) is 17.7. The molecule has 0 spiro atoms. The van der Waals surface area contributed by atoms with E-state index in [1.54, 1.807) is 24.3 Å². The predicted octanol–water partition coefficient (Wildman–Crippen LogP) is 4.54. The Bertz CT molecular complexity index is 1130. The second kappa shape index (κ2) is 8.52. The van der Waals surface area contributed by atoms with Gasteiger partial charge in [-0.3, -0.25) is 4.79 Å². The fourth-order valence-corrected chi connectivity index (χ4v) is 5.67. The topological polar surface area (TPSA) is 70.5 Å². The molecular weight excluding hydrogens is 449 g/mol. The second-order valence-corrected chi connectivity index (χ2v) is 9.61. The van der Waals surface area contributed by atoms with Gasteiger partial charge in [0.15, 0.2) is 0 Å². The average molecular weight is 467 g/mol. The third-order valence-electron chi connectivity index (χ3n) is 4.87. The maximum absolute atomic E-state index is 12.9. The minimum absolute atomic E-state index is 0.0897. The lowest BCUT2D eigenvalue weighted by atomic mass is 10.1. The molecule has 10 heteroatoms. The first kappa shape index (κ1) is 21.7. The Kier molecular flexibility index (Phi) is 5.96. The molecule has 3 aromatic rings. The molecule has 2 heterocycles. The van der Waals surface area contributed by atoms with Crippen LogP contribution >= 0.6 is 11.3 Å². The van der Waals surface area contributed by atoms with E-state index >= 15 is 0 Å². The number of carboxylic acid groups (broad SMARTS) is 1. The standard InChI is InChI=1S/C21H17F3N2O3S2/c22-21(23,24)15-5-3-14(4-6-15)20-25-17-9-10-26(12-18(17)30-20)31(29)16-7-1-13(2-8-16)11-19(27)28/h1-8H,9-12H2,(H,27,28). The quantitative estimate of drug-likeness (QED) is 0.600. The number of benzene rings is 2. The van der Waals surface area contributed by atoms with Crippen molar-refractivity contribution in [1.82, 2.24) is 9.29 Å². The first-order valence-electron chi connectivity index (χ1n) is 9.34. The molecule has 0 aliphatic carbocycles. The third kappa shape index (κ3) is 4.86. The van der Waals surface area contributed by atoms with E-state index in [1.165, 1.54) is 23.5 Å². The van der Waals surface area contributed by atoms with Crippen LogP contribution in [-0.4, -0.2) is 31.1 Å². The molecule has 0 amide bonds. The van der Waals surface area contributed by atoms with Crippen molar-refractivity contribution in [1.29, 1.82) is 0 Å². The van der Waals surface area contributed by atoms with Crippen molar-refractivity contribution in [2.45, 2.75) is 30.5 Å². The van der Waals surface area contributed by atoms with Gasteiger partial charge in [0.1, 0.15) is 16.0 Å². The van der Waals surface area contributed by atoms with E-state index in [4.69, 9.17) is 5.11 Å². The maximum Gasteiger partial charge on any atom is 0.416 e. The first-order chi connectivity index (χ1) is 14.7. The highest BCUT2D eigenvalue weighted by Gasteiger charge is 2.30. The number of aliphatic carboxylic acids is 1. The lowest BCUT2D eigenvalue weighted by Crippen LogP contribution is -2.31. The highest BCUT2D eigenvalue weighted by atomic mass is 32.2. The largest absolute Gasteiger partial charge is 0.481 e. The number of rotatable bonds is 5. The molecule has 1 aliphatic heterocycles. The van der Waals surface area contributed by atoms with Gasteiger partial charge in [0.25, 0.3) is 0 Å². The molecule has 0 saturated heterocycles. The van der Waals surface area contributed by atoms with Crippen molar-refractivity contribution in [2.75, 3.05) is 6.54 Å². The van der Waals surface area contributed by atoms with Gasteiger partial charge in [-0.15, -0.1) is 11.3 Å². The van der Waals surface area contributed by atoms with Gasteiger partial charge in [-0.05, 0) is 29.8 Å². The van der Waals surface area contributed by atoms with E-state index in [-0.39, 0.29) is 6.42 Å². The molecule has 1 atom stereocenters. The molecule has 0 radical (unpaired) electrons. The van der Waals surface area contributed by atoms with Crippen molar-refractivity contribution in [3.8, 4) is 10.6 Å². The fourth-order valence-electron chi connectivity index (χ4n) is 3.29.